The van der Waals surface area contributed by atoms with Crippen molar-refractivity contribution >= 4 is 41.0 Å². The lowest BCUT2D eigenvalue weighted by molar-refractivity contribution is -0.115. The molecule has 0 aromatic heterocycles. The third kappa shape index (κ3) is 7.42. The van der Waals surface area contributed by atoms with Crippen LogP contribution in [0.3, 0.4) is 0 Å². The molecule has 0 radical (unpaired) electrons. The van der Waals surface area contributed by atoms with E-state index in [0.717, 1.165) is 18.4 Å². The summed E-state index contributed by atoms with van der Waals surface area (Å²) in [7, 11) is 0. The number of amides is 1. The highest BCUT2D eigenvalue weighted by molar-refractivity contribution is 7.80. The van der Waals surface area contributed by atoms with Crippen molar-refractivity contribution in [1.29, 1.82) is 0 Å². The Balaban J connectivity index is 1.82. The van der Waals surface area contributed by atoms with Gasteiger partial charge in [0.2, 0.25) is 5.91 Å². The standard InChI is InChI=1S/C21H22N2O3S/c1-2-3-15-26-20(25)17-10-12-18(13-11-17)22-21(27)23-19(24)14-9-16-7-5-4-6-8-16/h4-14H,2-3,15H2,1H3,(H2,22,23,24,27). The van der Waals surface area contributed by atoms with Crippen molar-refractivity contribution < 1.29 is 14.3 Å². The molecule has 0 atom stereocenters. The van der Waals surface area contributed by atoms with Gasteiger partial charge in [-0.2, -0.15) is 0 Å². The lowest BCUT2D eigenvalue weighted by atomic mass is 10.2. The Morgan fingerprint density at radius 3 is 2.44 bits per heavy atom. The molecular formula is C21H22N2O3S. The number of nitrogens with one attached hydrogen (secondary N) is 2. The van der Waals surface area contributed by atoms with E-state index in [-0.39, 0.29) is 17.0 Å². The van der Waals surface area contributed by atoms with E-state index < -0.39 is 0 Å². The van der Waals surface area contributed by atoms with Crippen molar-refractivity contribution in [3.05, 3.63) is 71.8 Å². The van der Waals surface area contributed by atoms with E-state index >= 15 is 0 Å². The van der Waals surface area contributed by atoms with Gasteiger partial charge in [0.25, 0.3) is 0 Å². The van der Waals surface area contributed by atoms with E-state index in [9.17, 15) is 9.59 Å². The van der Waals surface area contributed by atoms with Gasteiger partial charge in [0.15, 0.2) is 5.11 Å². The first-order valence-corrected chi connectivity index (χ1v) is 9.11. The summed E-state index contributed by atoms with van der Waals surface area (Å²) >= 11 is 5.13. The van der Waals surface area contributed by atoms with E-state index in [1.807, 2.05) is 37.3 Å². The Bertz CT molecular complexity index is 802. The van der Waals surface area contributed by atoms with Crippen LogP contribution < -0.4 is 10.6 Å². The molecule has 1 amide bonds. The second kappa shape index (κ2) is 10.9. The number of hydrogen-bond acceptors (Lipinski definition) is 4. The minimum atomic E-state index is -0.350. The number of anilines is 1. The van der Waals surface area contributed by atoms with Gasteiger partial charge in [0, 0.05) is 11.8 Å². The molecule has 2 N–H and O–H groups in total. The summed E-state index contributed by atoms with van der Waals surface area (Å²) in [5, 5.41) is 5.65. The molecule has 27 heavy (non-hydrogen) atoms. The molecule has 0 aliphatic heterocycles. The monoisotopic (exact) mass is 382 g/mol. The SMILES string of the molecule is CCCCOC(=O)c1ccc(NC(=S)NC(=O)C=Cc2ccccc2)cc1. The second-order valence-electron chi connectivity index (χ2n) is 5.75. The van der Waals surface area contributed by atoms with Crippen molar-refractivity contribution in [1.82, 2.24) is 5.32 Å². The molecule has 0 saturated heterocycles. The van der Waals surface area contributed by atoms with E-state index in [2.05, 4.69) is 10.6 Å². The molecule has 0 heterocycles. The first-order valence-electron chi connectivity index (χ1n) is 8.71. The summed E-state index contributed by atoms with van der Waals surface area (Å²) in [4.78, 5) is 23.8. The first kappa shape index (κ1) is 20.3. The van der Waals surface area contributed by atoms with Crippen molar-refractivity contribution in [3.63, 3.8) is 0 Å². The van der Waals surface area contributed by atoms with E-state index in [0.29, 0.717) is 17.9 Å². The quantitative estimate of drug-likeness (QED) is 0.326. The summed E-state index contributed by atoms with van der Waals surface area (Å²) in [6.07, 6.45) is 4.94. The van der Waals surface area contributed by atoms with Gasteiger partial charge in [-0.25, -0.2) is 4.79 Å². The molecule has 0 saturated carbocycles. The van der Waals surface area contributed by atoms with Crippen molar-refractivity contribution in [2.45, 2.75) is 19.8 Å². The van der Waals surface area contributed by atoms with Crippen LogP contribution in [0.4, 0.5) is 5.69 Å². The lowest BCUT2D eigenvalue weighted by Gasteiger charge is -2.09. The lowest BCUT2D eigenvalue weighted by Crippen LogP contribution is -2.32. The third-order valence-electron chi connectivity index (χ3n) is 3.57. The Morgan fingerprint density at radius 1 is 1.07 bits per heavy atom. The molecule has 0 aliphatic rings. The maximum absolute atomic E-state index is 11.9. The average molecular weight is 382 g/mol. The first-order chi connectivity index (χ1) is 13.1. The number of rotatable bonds is 7. The minimum absolute atomic E-state index is 0.177. The van der Waals surface area contributed by atoms with Crippen LogP contribution in [0.25, 0.3) is 6.08 Å². The highest BCUT2D eigenvalue weighted by Crippen LogP contribution is 2.11. The number of esters is 1. The third-order valence-corrected chi connectivity index (χ3v) is 3.78. The molecule has 2 rings (SSSR count). The zero-order valence-electron chi connectivity index (χ0n) is 15.1. The van der Waals surface area contributed by atoms with Crippen molar-refractivity contribution in [2.24, 2.45) is 0 Å². The fourth-order valence-corrected chi connectivity index (χ4v) is 2.35. The van der Waals surface area contributed by atoms with E-state index in [1.165, 1.54) is 6.08 Å². The molecule has 140 valence electrons. The largest absolute Gasteiger partial charge is 0.462 e. The Kier molecular flexibility index (Phi) is 8.19. The van der Waals surface area contributed by atoms with Gasteiger partial charge in [-0.15, -0.1) is 0 Å². The number of hydrogen-bond donors (Lipinski definition) is 2. The van der Waals surface area contributed by atoms with Crippen LogP contribution in [0, 0.1) is 0 Å². The Hall–Kier alpha value is -2.99. The number of ether oxygens (including phenoxy) is 1. The van der Waals surface area contributed by atoms with Crippen LogP contribution in [0.5, 0.6) is 0 Å². The predicted molar refractivity (Wildman–Crippen MR) is 111 cm³/mol. The summed E-state index contributed by atoms with van der Waals surface area (Å²) in [6, 6.07) is 16.2. The van der Waals surface area contributed by atoms with E-state index in [1.54, 1.807) is 30.3 Å². The van der Waals surface area contributed by atoms with Crippen LogP contribution in [0.1, 0.15) is 35.7 Å². The molecular weight excluding hydrogens is 360 g/mol. The van der Waals surface area contributed by atoms with Gasteiger partial charge in [0.1, 0.15) is 0 Å². The van der Waals surface area contributed by atoms with Gasteiger partial charge in [-0.05, 0) is 54.5 Å². The van der Waals surface area contributed by atoms with Crippen LogP contribution in [-0.4, -0.2) is 23.6 Å². The molecule has 0 bridgehead atoms. The molecule has 0 aliphatic carbocycles. The smallest absolute Gasteiger partial charge is 0.338 e. The molecule has 5 nitrogen and oxygen atoms in total. The number of benzene rings is 2. The maximum atomic E-state index is 11.9. The molecule has 2 aromatic carbocycles. The summed E-state index contributed by atoms with van der Waals surface area (Å²) in [6.45, 7) is 2.45. The molecule has 0 spiro atoms. The second-order valence-corrected chi connectivity index (χ2v) is 6.16. The van der Waals surface area contributed by atoms with Crippen LogP contribution >= 0.6 is 12.2 Å². The summed E-state index contributed by atoms with van der Waals surface area (Å²) < 4.78 is 5.16. The maximum Gasteiger partial charge on any atom is 0.338 e. The predicted octanol–water partition coefficient (Wildman–Crippen LogP) is 4.17. The van der Waals surface area contributed by atoms with Crippen LogP contribution in [-0.2, 0) is 9.53 Å². The zero-order chi connectivity index (χ0) is 19.5. The summed E-state index contributed by atoms with van der Waals surface area (Å²) in [5.41, 5.74) is 2.06. The van der Waals surface area contributed by atoms with Gasteiger partial charge in [-0.1, -0.05) is 43.7 Å². The fraction of sp³-hybridized carbons (Fsp3) is 0.190. The molecule has 0 fully saturated rings. The van der Waals surface area contributed by atoms with Crippen LogP contribution in [0.2, 0.25) is 0 Å². The number of unbranched alkanes of at least 4 members (excludes halogenated alkanes) is 1. The highest BCUT2D eigenvalue weighted by atomic mass is 32.1. The normalized spacial score (nSPS) is 10.4. The number of carbonyl (C=O) groups excluding carboxylic acids is 2. The van der Waals surface area contributed by atoms with Gasteiger partial charge < -0.3 is 10.1 Å². The summed E-state index contributed by atoms with van der Waals surface area (Å²) in [5.74, 6) is -0.676. The molecule has 6 heteroatoms. The van der Waals surface area contributed by atoms with Gasteiger partial charge >= 0.3 is 5.97 Å². The average Bonchev–Trinajstić information content (AvgIpc) is 2.68. The Morgan fingerprint density at radius 2 is 1.78 bits per heavy atom. The van der Waals surface area contributed by atoms with Crippen LogP contribution in [0.15, 0.2) is 60.7 Å². The minimum Gasteiger partial charge on any atom is -0.462 e. The molecule has 2 aromatic rings. The van der Waals surface area contributed by atoms with Crippen molar-refractivity contribution in [2.75, 3.05) is 11.9 Å². The Labute approximate surface area is 164 Å². The molecule has 0 unspecified atom stereocenters. The fourth-order valence-electron chi connectivity index (χ4n) is 2.13. The van der Waals surface area contributed by atoms with Gasteiger partial charge in [-0.3, -0.25) is 10.1 Å². The highest BCUT2D eigenvalue weighted by Gasteiger charge is 2.07. The zero-order valence-corrected chi connectivity index (χ0v) is 15.9. The van der Waals surface area contributed by atoms with Crippen molar-refractivity contribution in [3.8, 4) is 0 Å². The topological polar surface area (TPSA) is 67.4 Å². The number of carbonyl (C=O) groups is 2. The number of thiocarbonyl (C=S) groups is 1. The van der Waals surface area contributed by atoms with Gasteiger partial charge in [0.05, 0.1) is 12.2 Å². The van der Waals surface area contributed by atoms with E-state index in [4.69, 9.17) is 17.0 Å².